The van der Waals surface area contributed by atoms with Gasteiger partial charge in [0, 0.05) is 11.3 Å². The molecule has 27 heavy (non-hydrogen) atoms. The molecule has 0 aliphatic carbocycles. The monoisotopic (exact) mass is 405 g/mol. The minimum Gasteiger partial charge on any atom is -0.258 e. The second-order valence-corrected chi connectivity index (χ2v) is 9.16. The zero-order chi connectivity index (χ0) is 19.3. The summed E-state index contributed by atoms with van der Waals surface area (Å²) in [6, 6.07) is 13.0. The Hall–Kier alpha value is -2.19. The molecule has 1 heterocycles. The number of H-pyrrole nitrogens is 1. The molecule has 0 bridgehead atoms. The average Bonchev–Trinajstić information content (AvgIpc) is 3.15. The maximum absolute atomic E-state index is 12.9. The van der Waals surface area contributed by atoms with Gasteiger partial charge in [-0.3, -0.25) is 5.10 Å². The predicted octanol–water partition coefficient (Wildman–Crippen LogP) is 4.13. The van der Waals surface area contributed by atoms with Crippen LogP contribution in [0.15, 0.2) is 58.6 Å². The Bertz CT molecular complexity index is 985. The van der Waals surface area contributed by atoms with E-state index in [1.165, 1.54) is 29.5 Å². The molecule has 1 aromatic heterocycles. The lowest BCUT2D eigenvalue weighted by Gasteiger charge is -2.03. The average molecular weight is 406 g/mol. The van der Waals surface area contributed by atoms with E-state index >= 15 is 0 Å². The Morgan fingerprint density at radius 3 is 2.44 bits per heavy atom. The molecule has 8 heteroatoms. The van der Waals surface area contributed by atoms with Gasteiger partial charge in [0.2, 0.25) is 5.16 Å². The van der Waals surface area contributed by atoms with E-state index in [4.69, 9.17) is 0 Å². The Balaban J connectivity index is 1.52. The van der Waals surface area contributed by atoms with Crippen LogP contribution in [0.5, 0.6) is 0 Å². The van der Waals surface area contributed by atoms with Crippen LogP contribution in [0, 0.1) is 5.82 Å². The molecule has 3 aromatic rings. The molecule has 0 aliphatic heterocycles. The lowest BCUT2D eigenvalue weighted by Crippen LogP contribution is -2.07. The van der Waals surface area contributed by atoms with Crippen molar-refractivity contribution in [3.63, 3.8) is 0 Å². The molecule has 2 aromatic carbocycles. The van der Waals surface area contributed by atoms with E-state index in [-0.39, 0.29) is 10.6 Å². The third kappa shape index (κ3) is 5.17. The normalized spacial score (nSPS) is 11.6. The molecular formula is C19H20FN3O2S2. The summed E-state index contributed by atoms with van der Waals surface area (Å²) in [5, 5.41) is 7.67. The van der Waals surface area contributed by atoms with Crippen molar-refractivity contribution in [1.82, 2.24) is 15.2 Å². The largest absolute Gasteiger partial charge is 0.258 e. The van der Waals surface area contributed by atoms with E-state index < -0.39 is 15.7 Å². The number of rotatable bonds is 8. The van der Waals surface area contributed by atoms with Crippen molar-refractivity contribution in [3.05, 3.63) is 59.9 Å². The van der Waals surface area contributed by atoms with Gasteiger partial charge in [-0.05, 0) is 42.7 Å². The molecule has 0 amide bonds. The van der Waals surface area contributed by atoms with Gasteiger partial charge in [-0.1, -0.05) is 43.0 Å². The fraction of sp³-hybridized carbons (Fsp3) is 0.263. The highest BCUT2D eigenvalue weighted by atomic mass is 32.2. The summed E-state index contributed by atoms with van der Waals surface area (Å²) in [5.41, 5.74) is 2.22. The lowest BCUT2D eigenvalue weighted by atomic mass is 10.1. The summed E-state index contributed by atoms with van der Waals surface area (Å²) >= 11 is 1.40. The number of hydrogen-bond donors (Lipinski definition) is 1. The molecule has 0 aliphatic rings. The number of aromatic amines is 1. The van der Waals surface area contributed by atoms with E-state index in [0.29, 0.717) is 23.2 Å². The third-order valence-electron chi connectivity index (χ3n) is 4.06. The fourth-order valence-corrected chi connectivity index (χ4v) is 4.74. The number of hydrogen-bond acceptors (Lipinski definition) is 5. The van der Waals surface area contributed by atoms with E-state index in [1.54, 1.807) is 0 Å². The highest BCUT2D eigenvalue weighted by molar-refractivity contribution is 7.99. The Morgan fingerprint density at radius 2 is 1.78 bits per heavy atom. The van der Waals surface area contributed by atoms with Gasteiger partial charge >= 0.3 is 0 Å². The molecule has 0 radical (unpaired) electrons. The number of aryl methyl sites for hydroxylation is 1. The van der Waals surface area contributed by atoms with Gasteiger partial charge < -0.3 is 0 Å². The summed E-state index contributed by atoms with van der Waals surface area (Å²) in [6.07, 6.45) is 1.44. The van der Waals surface area contributed by atoms with Crippen LogP contribution >= 0.6 is 11.8 Å². The van der Waals surface area contributed by atoms with Gasteiger partial charge in [0.1, 0.15) is 5.82 Å². The topological polar surface area (TPSA) is 75.7 Å². The fourth-order valence-electron chi connectivity index (χ4n) is 2.51. The molecule has 0 atom stereocenters. The molecule has 0 saturated heterocycles. The van der Waals surface area contributed by atoms with Crippen molar-refractivity contribution >= 4 is 21.6 Å². The third-order valence-corrected chi connectivity index (χ3v) is 6.81. The lowest BCUT2D eigenvalue weighted by molar-refractivity contribution is 0.593. The van der Waals surface area contributed by atoms with Crippen LogP contribution in [0.2, 0.25) is 0 Å². The molecule has 0 saturated carbocycles. The first-order valence-electron chi connectivity index (χ1n) is 8.61. The predicted molar refractivity (Wildman–Crippen MR) is 105 cm³/mol. The van der Waals surface area contributed by atoms with E-state index in [2.05, 4.69) is 34.2 Å². The molecule has 3 rings (SSSR count). The van der Waals surface area contributed by atoms with Crippen LogP contribution in [0.25, 0.3) is 11.4 Å². The molecule has 5 nitrogen and oxygen atoms in total. The van der Waals surface area contributed by atoms with E-state index in [0.717, 1.165) is 24.1 Å². The summed E-state index contributed by atoms with van der Waals surface area (Å²) < 4.78 is 37.4. The molecule has 0 spiro atoms. The first kappa shape index (κ1) is 19.6. The molecule has 0 unspecified atom stereocenters. The zero-order valence-corrected chi connectivity index (χ0v) is 16.5. The van der Waals surface area contributed by atoms with E-state index in [1.807, 2.05) is 12.1 Å². The molecule has 1 N–H and O–H groups in total. The Kier molecular flexibility index (Phi) is 6.28. The second kappa shape index (κ2) is 8.67. The Morgan fingerprint density at radius 1 is 1.07 bits per heavy atom. The minimum atomic E-state index is -3.40. The summed E-state index contributed by atoms with van der Waals surface area (Å²) in [5.74, 6) is 0.821. The number of aromatic nitrogens is 3. The molecular weight excluding hydrogens is 385 g/mol. The summed E-state index contributed by atoms with van der Waals surface area (Å²) in [6.45, 7) is 2.11. The molecule has 0 fully saturated rings. The summed E-state index contributed by atoms with van der Waals surface area (Å²) in [7, 11) is -3.40. The first-order chi connectivity index (χ1) is 13.0. The van der Waals surface area contributed by atoms with Crippen LogP contribution in [-0.2, 0) is 16.3 Å². The molecule has 142 valence electrons. The minimum absolute atomic E-state index is 0.00138. The van der Waals surface area contributed by atoms with E-state index in [9.17, 15) is 12.8 Å². The maximum Gasteiger partial charge on any atom is 0.208 e. The van der Waals surface area contributed by atoms with Gasteiger partial charge in [-0.15, -0.1) is 5.10 Å². The van der Waals surface area contributed by atoms with Crippen molar-refractivity contribution in [1.29, 1.82) is 0 Å². The van der Waals surface area contributed by atoms with Crippen molar-refractivity contribution < 1.29 is 12.8 Å². The van der Waals surface area contributed by atoms with Crippen LogP contribution in [0.1, 0.15) is 18.9 Å². The van der Waals surface area contributed by atoms with Crippen LogP contribution in [-0.4, -0.2) is 35.1 Å². The van der Waals surface area contributed by atoms with Crippen molar-refractivity contribution in [3.8, 4) is 11.4 Å². The SMILES string of the molecule is CCc1ccc(-c2nc(SCCCS(=O)(=O)c3ccc(F)cc3)n[nH]2)cc1. The van der Waals surface area contributed by atoms with Gasteiger partial charge in [0.25, 0.3) is 0 Å². The smallest absolute Gasteiger partial charge is 0.208 e. The van der Waals surface area contributed by atoms with Gasteiger partial charge in [-0.25, -0.2) is 17.8 Å². The number of sulfone groups is 1. The maximum atomic E-state index is 12.9. The number of halogens is 1. The first-order valence-corrected chi connectivity index (χ1v) is 11.2. The van der Waals surface area contributed by atoms with Gasteiger partial charge in [0.05, 0.1) is 10.6 Å². The highest BCUT2D eigenvalue weighted by Gasteiger charge is 2.14. The van der Waals surface area contributed by atoms with Gasteiger partial charge in [0.15, 0.2) is 15.7 Å². The number of thioether (sulfide) groups is 1. The zero-order valence-electron chi connectivity index (χ0n) is 14.9. The van der Waals surface area contributed by atoms with Crippen LogP contribution in [0.3, 0.4) is 0 Å². The standard InChI is InChI=1S/C19H20FN3O2S2/c1-2-14-4-6-15(7-5-14)18-21-19(23-22-18)26-12-3-13-27(24,25)17-10-8-16(20)9-11-17/h4-11H,2-3,12-13H2,1H3,(H,21,22,23). The number of benzene rings is 2. The van der Waals surface area contributed by atoms with Crippen LogP contribution in [0.4, 0.5) is 4.39 Å². The Labute approximate surface area is 162 Å². The number of nitrogens with one attached hydrogen (secondary N) is 1. The highest BCUT2D eigenvalue weighted by Crippen LogP contribution is 2.21. The summed E-state index contributed by atoms with van der Waals surface area (Å²) in [4.78, 5) is 4.59. The number of nitrogens with zero attached hydrogens (tertiary/aromatic N) is 2. The quantitative estimate of drug-likeness (QED) is 0.346. The van der Waals surface area contributed by atoms with Crippen LogP contribution < -0.4 is 0 Å². The van der Waals surface area contributed by atoms with Crippen molar-refractivity contribution in [2.75, 3.05) is 11.5 Å². The van der Waals surface area contributed by atoms with Crippen molar-refractivity contribution in [2.45, 2.75) is 29.8 Å². The van der Waals surface area contributed by atoms with Gasteiger partial charge in [-0.2, -0.15) is 0 Å². The van der Waals surface area contributed by atoms with Crippen molar-refractivity contribution in [2.24, 2.45) is 0 Å². The second-order valence-electron chi connectivity index (χ2n) is 5.99.